The van der Waals surface area contributed by atoms with E-state index in [0.717, 1.165) is 35.6 Å². The van der Waals surface area contributed by atoms with Crippen LogP contribution in [0, 0.1) is 0 Å². The van der Waals surface area contributed by atoms with E-state index in [4.69, 9.17) is 4.74 Å². The highest BCUT2D eigenvalue weighted by molar-refractivity contribution is 5.99. The fourth-order valence-corrected chi connectivity index (χ4v) is 4.88. The maximum atomic E-state index is 13.9. The molecule has 0 spiro atoms. The molecular formula is C30H35N3O4. The predicted octanol–water partition coefficient (Wildman–Crippen LogP) is 4.10. The van der Waals surface area contributed by atoms with Gasteiger partial charge in [-0.2, -0.15) is 0 Å². The summed E-state index contributed by atoms with van der Waals surface area (Å²) in [6.45, 7) is 3.16. The summed E-state index contributed by atoms with van der Waals surface area (Å²) in [5.41, 5.74) is 1.40. The largest absolute Gasteiger partial charge is 0.497 e. The van der Waals surface area contributed by atoms with Crippen LogP contribution in [-0.2, 0) is 16.0 Å². The van der Waals surface area contributed by atoms with Crippen LogP contribution in [0.25, 0.3) is 10.8 Å². The molecule has 37 heavy (non-hydrogen) atoms. The van der Waals surface area contributed by atoms with Crippen LogP contribution in [0.2, 0.25) is 0 Å². The van der Waals surface area contributed by atoms with Crippen molar-refractivity contribution in [2.75, 3.05) is 20.2 Å². The minimum atomic E-state index is -0.815. The molecule has 0 aliphatic carbocycles. The number of amides is 3. The minimum Gasteiger partial charge on any atom is -0.497 e. The molecule has 0 radical (unpaired) electrons. The number of fused-ring (bicyclic) bond motifs is 1. The smallest absolute Gasteiger partial charge is 0.251 e. The topological polar surface area (TPSA) is 87.7 Å². The van der Waals surface area contributed by atoms with Gasteiger partial charge in [-0.25, -0.2) is 0 Å². The fraction of sp³-hybridized carbons (Fsp3) is 0.367. The molecule has 2 N–H and O–H groups in total. The molecule has 3 aromatic rings. The van der Waals surface area contributed by atoms with Gasteiger partial charge in [-0.15, -0.1) is 0 Å². The Kier molecular flexibility index (Phi) is 8.77. The van der Waals surface area contributed by atoms with Crippen molar-refractivity contribution in [2.45, 2.75) is 51.1 Å². The van der Waals surface area contributed by atoms with Crippen LogP contribution in [0.4, 0.5) is 0 Å². The molecule has 194 valence electrons. The van der Waals surface area contributed by atoms with Gasteiger partial charge in [0.2, 0.25) is 11.8 Å². The monoisotopic (exact) mass is 501 g/mol. The van der Waals surface area contributed by atoms with Gasteiger partial charge in [-0.05, 0) is 59.9 Å². The maximum Gasteiger partial charge on any atom is 0.251 e. The molecular weight excluding hydrogens is 466 g/mol. The van der Waals surface area contributed by atoms with Crippen molar-refractivity contribution < 1.29 is 19.1 Å². The number of nitrogens with one attached hydrogen (secondary N) is 2. The third-order valence-corrected chi connectivity index (χ3v) is 6.93. The van der Waals surface area contributed by atoms with Crippen molar-refractivity contribution >= 4 is 28.5 Å². The van der Waals surface area contributed by atoms with Gasteiger partial charge in [-0.1, -0.05) is 55.8 Å². The number of likely N-dealkylation sites (tertiary alicyclic amines) is 1. The second kappa shape index (κ2) is 12.4. The van der Waals surface area contributed by atoms with Crippen LogP contribution in [0.3, 0.4) is 0 Å². The second-order valence-corrected chi connectivity index (χ2v) is 9.43. The molecule has 3 amide bonds. The number of hydrogen-bond acceptors (Lipinski definition) is 4. The molecule has 0 saturated carbocycles. The molecule has 2 atom stereocenters. The number of ether oxygens (including phenoxy) is 1. The van der Waals surface area contributed by atoms with E-state index in [1.807, 2.05) is 42.5 Å². The fourth-order valence-electron chi connectivity index (χ4n) is 4.88. The highest BCUT2D eigenvalue weighted by Gasteiger charge is 2.37. The predicted molar refractivity (Wildman–Crippen MR) is 145 cm³/mol. The van der Waals surface area contributed by atoms with E-state index < -0.39 is 12.1 Å². The molecule has 7 heteroatoms. The molecule has 0 aromatic heterocycles. The quantitative estimate of drug-likeness (QED) is 0.410. The second-order valence-electron chi connectivity index (χ2n) is 9.43. The number of methoxy groups -OCH3 is 1. The average Bonchev–Trinajstić information content (AvgIpc) is 3.43. The number of rotatable bonds is 10. The Balaban J connectivity index is 1.60. The molecule has 3 aromatic carbocycles. The molecule has 7 nitrogen and oxygen atoms in total. The van der Waals surface area contributed by atoms with Crippen LogP contribution in [0.5, 0.6) is 5.75 Å². The first-order valence-corrected chi connectivity index (χ1v) is 13.0. The molecule has 1 saturated heterocycles. The first-order valence-electron chi connectivity index (χ1n) is 13.0. The Morgan fingerprint density at radius 3 is 2.54 bits per heavy atom. The third kappa shape index (κ3) is 6.28. The van der Waals surface area contributed by atoms with Crippen molar-refractivity contribution in [3.8, 4) is 5.75 Å². The zero-order valence-corrected chi connectivity index (χ0v) is 21.5. The van der Waals surface area contributed by atoms with Crippen molar-refractivity contribution in [2.24, 2.45) is 0 Å². The van der Waals surface area contributed by atoms with Crippen LogP contribution in [0.1, 0.15) is 48.5 Å². The number of carbonyl (C=O) groups excluding carboxylic acids is 3. The number of benzene rings is 3. The maximum absolute atomic E-state index is 13.9. The summed E-state index contributed by atoms with van der Waals surface area (Å²) in [5.74, 6) is -0.0501. The van der Waals surface area contributed by atoms with Gasteiger partial charge in [0.25, 0.3) is 5.91 Å². The summed E-state index contributed by atoms with van der Waals surface area (Å²) >= 11 is 0. The zero-order chi connectivity index (χ0) is 26.2. The van der Waals surface area contributed by atoms with Gasteiger partial charge in [-0.3, -0.25) is 14.4 Å². The zero-order valence-electron chi connectivity index (χ0n) is 21.5. The van der Waals surface area contributed by atoms with Crippen LogP contribution in [-0.4, -0.2) is 54.9 Å². The van der Waals surface area contributed by atoms with Gasteiger partial charge in [0.05, 0.1) is 7.11 Å². The molecule has 1 aliphatic heterocycles. The normalized spacial score (nSPS) is 15.8. The molecule has 4 rings (SSSR count). The highest BCUT2D eigenvalue weighted by Crippen LogP contribution is 2.23. The van der Waals surface area contributed by atoms with Gasteiger partial charge >= 0.3 is 0 Å². The Morgan fingerprint density at radius 1 is 1.03 bits per heavy atom. The van der Waals surface area contributed by atoms with Crippen LogP contribution >= 0.6 is 0 Å². The van der Waals surface area contributed by atoms with Crippen LogP contribution in [0.15, 0.2) is 66.7 Å². The van der Waals surface area contributed by atoms with Crippen molar-refractivity contribution in [1.82, 2.24) is 15.5 Å². The summed E-state index contributed by atoms with van der Waals surface area (Å²) in [4.78, 5) is 41.7. The van der Waals surface area contributed by atoms with E-state index in [1.165, 1.54) is 0 Å². The van der Waals surface area contributed by atoms with E-state index in [9.17, 15) is 14.4 Å². The molecule has 1 heterocycles. The van der Waals surface area contributed by atoms with Gasteiger partial charge in [0.1, 0.15) is 17.8 Å². The molecule has 0 unspecified atom stereocenters. The standard InChI is InChI=1S/C30H35N3O4/c1-3-4-18-31-29(35)27-13-8-19-33(27)30(36)26(32-28(34)22-14-16-24(37-2)17-15-22)20-23-11-7-10-21-9-5-6-12-25(21)23/h5-7,9-12,14-17,26-27H,3-4,8,13,18-20H2,1-2H3,(H,31,35)(H,32,34)/t26-,27-/m0/s1. The van der Waals surface area contributed by atoms with E-state index in [0.29, 0.717) is 37.2 Å². The first kappa shape index (κ1) is 26.2. The number of unbranched alkanes of at least 4 members (excludes halogenated alkanes) is 1. The summed E-state index contributed by atoms with van der Waals surface area (Å²) in [6, 6.07) is 19.4. The summed E-state index contributed by atoms with van der Waals surface area (Å²) in [6.07, 6.45) is 3.58. The summed E-state index contributed by atoms with van der Waals surface area (Å²) in [7, 11) is 1.57. The average molecular weight is 502 g/mol. The van der Waals surface area contributed by atoms with Gasteiger partial charge < -0.3 is 20.3 Å². The number of nitrogens with zero attached hydrogens (tertiary/aromatic N) is 1. The van der Waals surface area contributed by atoms with Gasteiger partial charge in [0.15, 0.2) is 0 Å². The van der Waals surface area contributed by atoms with E-state index in [2.05, 4.69) is 17.6 Å². The lowest BCUT2D eigenvalue weighted by Gasteiger charge is -2.29. The van der Waals surface area contributed by atoms with Crippen molar-refractivity contribution in [3.63, 3.8) is 0 Å². The molecule has 1 aliphatic rings. The number of carbonyl (C=O) groups is 3. The Bertz CT molecular complexity index is 1240. The van der Waals surface area contributed by atoms with E-state index in [-0.39, 0.29) is 17.7 Å². The Hall–Kier alpha value is -3.87. The number of hydrogen-bond donors (Lipinski definition) is 2. The Morgan fingerprint density at radius 2 is 1.78 bits per heavy atom. The summed E-state index contributed by atoms with van der Waals surface area (Å²) < 4.78 is 5.19. The first-order chi connectivity index (χ1) is 18.0. The molecule has 1 fully saturated rings. The minimum absolute atomic E-state index is 0.121. The van der Waals surface area contributed by atoms with E-state index >= 15 is 0 Å². The Labute approximate surface area is 218 Å². The SMILES string of the molecule is CCCCNC(=O)[C@@H]1CCCN1C(=O)[C@H](Cc1cccc2ccccc12)NC(=O)c1ccc(OC)cc1. The third-order valence-electron chi connectivity index (χ3n) is 6.93. The lowest BCUT2D eigenvalue weighted by atomic mass is 9.97. The van der Waals surface area contributed by atoms with Crippen molar-refractivity contribution in [1.29, 1.82) is 0 Å². The highest BCUT2D eigenvalue weighted by atomic mass is 16.5. The summed E-state index contributed by atoms with van der Waals surface area (Å²) in [5, 5.41) is 8.05. The lowest BCUT2D eigenvalue weighted by Crippen LogP contribution is -2.54. The van der Waals surface area contributed by atoms with Crippen molar-refractivity contribution in [3.05, 3.63) is 77.9 Å². The molecule has 0 bridgehead atoms. The van der Waals surface area contributed by atoms with Crippen LogP contribution < -0.4 is 15.4 Å². The van der Waals surface area contributed by atoms with E-state index in [1.54, 1.807) is 36.3 Å². The van der Waals surface area contributed by atoms with Gasteiger partial charge in [0, 0.05) is 25.1 Å². The lowest BCUT2D eigenvalue weighted by molar-refractivity contribution is -0.139.